The van der Waals surface area contributed by atoms with E-state index in [4.69, 9.17) is 9.40 Å². The van der Waals surface area contributed by atoms with E-state index >= 15 is 0 Å². The van der Waals surface area contributed by atoms with Crippen LogP contribution < -0.4 is 10.2 Å². The molecule has 168 valence electrons. The van der Waals surface area contributed by atoms with Gasteiger partial charge in [0.25, 0.3) is 0 Å². The third-order valence-electron chi connectivity index (χ3n) is 6.38. The maximum Gasteiger partial charge on any atom is 0.225 e. The van der Waals surface area contributed by atoms with Crippen molar-refractivity contribution in [3.63, 3.8) is 0 Å². The number of carbonyl (C=O) groups excluding carboxylic acids is 1. The Hall–Kier alpha value is -3.20. The fraction of sp³-hybridized carbons (Fsp3) is 0.478. The summed E-state index contributed by atoms with van der Waals surface area (Å²) in [6.07, 6.45) is 9.92. The third kappa shape index (κ3) is 4.67. The van der Waals surface area contributed by atoms with Crippen LogP contribution in [0.2, 0.25) is 0 Å². The number of amides is 1. The van der Waals surface area contributed by atoms with Gasteiger partial charge in [0.15, 0.2) is 0 Å². The predicted molar refractivity (Wildman–Crippen MR) is 120 cm³/mol. The van der Waals surface area contributed by atoms with Crippen LogP contribution in [0.1, 0.15) is 25.0 Å². The average Bonchev–Trinajstić information content (AvgIpc) is 3.57. The van der Waals surface area contributed by atoms with Crippen LogP contribution in [0, 0.1) is 5.92 Å². The molecule has 9 heteroatoms. The zero-order valence-corrected chi connectivity index (χ0v) is 18.4. The van der Waals surface area contributed by atoms with Gasteiger partial charge < -0.3 is 14.6 Å². The first-order chi connectivity index (χ1) is 15.6. The van der Waals surface area contributed by atoms with Gasteiger partial charge in [0, 0.05) is 50.1 Å². The summed E-state index contributed by atoms with van der Waals surface area (Å²) < 4.78 is 7.20. The molecule has 2 aliphatic heterocycles. The topological polar surface area (TPSA) is 92.3 Å². The van der Waals surface area contributed by atoms with Crippen LogP contribution in [-0.4, -0.2) is 62.8 Å². The molecule has 0 radical (unpaired) electrons. The normalized spacial score (nSPS) is 20.0. The molecule has 5 rings (SSSR count). The highest BCUT2D eigenvalue weighted by Crippen LogP contribution is 2.23. The molecule has 2 fully saturated rings. The fourth-order valence-corrected chi connectivity index (χ4v) is 4.57. The molecular weight excluding hydrogens is 406 g/mol. The predicted octanol–water partition coefficient (Wildman–Crippen LogP) is 2.08. The second kappa shape index (κ2) is 9.12. The monoisotopic (exact) mass is 435 g/mol. The quantitative estimate of drug-likeness (QED) is 0.634. The molecule has 9 nitrogen and oxygen atoms in total. The van der Waals surface area contributed by atoms with Gasteiger partial charge in [0.2, 0.25) is 11.9 Å². The lowest BCUT2D eigenvalue weighted by Crippen LogP contribution is -2.44. The number of likely N-dealkylation sites (tertiary alicyclic amines) is 1. The molecule has 0 aromatic carbocycles. The molecule has 0 saturated carbocycles. The molecule has 0 aliphatic carbocycles. The maximum absolute atomic E-state index is 12.9. The smallest absolute Gasteiger partial charge is 0.225 e. The number of aryl methyl sites for hydroxylation is 1. The lowest BCUT2D eigenvalue weighted by molar-refractivity contribution is -0.127. The van der Waals surface area contributed by atoms with Crippen LogP contribution in [0.5, 0.6) is 0 Å². The largest absolute Gasteiger partial charge is 0.468 e. The van der Waals surface area contributed by atoms with Crippen LogP contribution in [0.15, 0.2) is 47.5 Å². The Bertz CT molecular complexity index is 1040. The first kappa shape index (κ1) is 20.7. The van der Waals surface area contributed by atoms with E-state index in [2.05, 4.69) is 25.2 Å². The number of carbonyl (C=O) groups is 1. The van der Waals surface area contributed by atoms with Crippen molar-refractivity contribution in [2.45, 2.75) is 31.8 Å². The summed E-state index contributed by atoms with van der Waals surface area (Å²) in [5, 5.41) is 7.49. The Kier molecular flexibility index (Phi) is 5.89. The van der Waals surface area contributed by atoms with Crippen molar-refractivity contribution in [1.29, 1.82) is 0 Å². The second-order valence-electron chi connectivity index (χ2n) is 8.71. The second-order valence-corrected chi connectivity index (χ2v) is 8.71. The number of anilines is 1. The molecule has 1 N–H and O–H groups in total. The summed E-state index contributed by atoms with van der Waals surface area (Å²) in [6, 6.07) is 5.95. The highest BCUT2D eigenvalue weighted by Gasteiger charge is 2.30. The Balaban J connectivity index is 1.12. The minimum atomic E-state index is 0.0852. The number of rotatable bonds is 6. The first-order valence-electron chi connectivity index (χ1n) is 11.3. The van der Waals surface area contributed by atoms with E-state index in [1.807, 2.05) is 31.4 Å². The fourth-order valence-electron chi connectivity index (χ4n) is 4.57. The Morgan fingerprint density at radius 3 is 2.84 bits per heavy atom. The van der Waals surface area contributed by atoms with E-state index in [1.54, 1.807) is 23.3 Å². The Morgan fingerprint density at radius 2 is 2.09 bits per heavy atom. The first-order valence-corrected chi connectivity index (χ1v) is 11.3. The van der Waals surface area contributed by atoms with Crippen LogP contribution in [0.4, 0.5) is 5.95 Å². The van der Waals surface area contributed by atoms with Gasteiger partial charge in [-0.1, -0.05) is 0 Å². The minimum Gasteiger partial charge on any atom is -0.468 e. The summed E-state index contributed by atoms with van der Waals surface area (Å²) in [4.78, 5) is 26.5. The van der Waals surface area contributed by atoms with Crippen molar-refractivity contribution in [2.24, 2.45) is 13.0 Å². The molecule has 2 aliphatic rings. The van der Waals surface area contributed by atoms with Gasteiger partial charge >= 0.3 is 0 Å². The molecule has 2 saturated heterocycles. The summed E-state index contributed by atoms with van der Waals surface area (Å²) in [6.45, 7) is 4.23. The van der Waals surface area contributed by atoms with Gasteiger partial charge in [0.05, 0.1) is 24.7 Å². The number of hydrogen-bond donors (Lipinski definition) is 1. The van der Waals surface area contributed by atoms with E-state index in [0.29, 0.717) is 5.95 Å². The Labute approximate surface area is 187 Å². The SMILES string of the molecule is Cn1cc(-c2ccnc(N3CCC(NC(=O)C4CCN(Cc5ccco5)CC4)C3)n2)cn1. The Morgan fingerprint density at radius 1 is 1.22 bits per heavy atom. The molecule has 32 heavy (non-hydrogen) atoms. The van der Waals surface area contributed by atoms with Crippen molar-refractivity contribution in [2.75, 3.05) is 31.1 Å². The molecular formula is C23H29N7O2. The standard InChI is InChI=1S/C23H29N7O2/c1-28-14-18(13-25-28)21-4-8-24-23(27-21)30-11-7-19(15-30)26-22(31)17-5-9-29(10-6-17)16-20-3-2-12-32-20/h2-4,8,12-14,17,19H,5-7,9-11,15-16H2,1H3,(H,26,31). The number of furan rings is 1. The number of nitrogens with one attached hydrogen (secondary N) is 1. The molecule has 0 spiro atoms. The lowest BCUT2D eigenvalue weighted by atomic mass is 9.95. The van der Waals surface area contributed by atoms with E-state index in [-0.39, 0.29) is 17.9 Å². The van der Waals surface area contributed by atoms with Crippen LogP contribution in [0.3, 0.4) is 0 Å². The summed E-state index contributed by atoms with van der Waals surface area (Å²) in [5.41, 5.74) is 1.83. The van der Waals surface area contributed by atoms with Gasteiger partial charge in [-0.15, -0.1) is 0 Å². The molecule has 3 aromatic heterocycles. The third-order valence-corrected chi connectivity index (χ3v) is 6.38. The average molecular weight is 436 g/mol. The van der Waals surface area contributed by atoms with Crippen LogP contribution in [-0.2, 0) is 18.4 Å². The molecule has 1 amide bonds. The zero-order chi connectivity index (χ0) is 21.9. The van der Waals surface area contributed by atoms with Crippen molar-refractivity contribution in [3.05, 3.63) is 48.8 Å². The highest BCUT2D eigenvalue weighted by atomic mass is 16.3. The van der Waals surface area contributed by atoms with Crippen LogP contribution >= 0.6 is 0 Å². The summed E-state index contributed by atoms with van der Waals surface area (Å²) in [7, 11) is 1.89. The van der Waals surface area contributed by atoms with E-state index in [0.717, 1.165) is 69.0 Å². The number of nitrogens with zero attached hydrogens (tertiary/aromatic N) is 6. The zero-order valence-electron chi connectivity index (χ0n) is 18.4. The molecule has 3 aromatic rings. The van der Waals surface area contributed by atoms with Gasteiger partial charge in [-0.3, -0.25) is 14.4 Å². The van der Waals surface area contributed by atoms with Crippen molar-refractivity contribution in [1.82, 2.24) is 30.0 Å². The minimum absolute atomic E-state index is 0.0852. The lowest BCUT2D eigenvalue weighted by Gasteiger charge is -2.31. The highest BCUT2D eigenvalue weighted by molar-refractivity contribution is 5.79. The van der Waals surface area contributed by atoms with Crippen molar-refractivity contribution >= 4 is 11.9 Å². The molecule has 1 unspecified atom stereocenters. The van der Waals surface area contributed by atoms with Gasteiger partial charge in [-0.2, -0.15) is 5.10 Å². The van der Waals surface area contributed by atoms with Crippen molar-refractivity contribution < 1.29 is 9.21 Å². The van der Waals surface area contributed by atoms with Gasteiger partial charge in [-0.25, -0.2) is 9.97 Å². The van der Waals surface area contributed by atoms with E-state index in [1.165, 1.54) is 0 Å². The van der Waals surface area contributed by atoms with Crippen LogP contribution in [0.25, 0.3) is 11.3 Å². The summed E-state index contributed by atoms with van der Waals surface area (Å²) >= 11 is 0. The number of hydrogen-bond acceptors (Lipinski definition) is 7. The van der Waals surface area contributed by atoms with Crippen molar-refractivity contribution in [3.8, 4) is 11.3 Å². The summed E-state index contributed by atoms with van der Waals surface area (Å²) in [5.74, 6) is 1.95. The number of aromatic nitrogens is 4. The molecule has 0 bridgehead atoms. The maximum atomic E-state index is 12.9. The van der Waals surface area contributed by atoms with E-state index < -0.39 is 0 Å². The van der Waals surface area contributed by atoms with Gasteiger partial charge in [0.1, 0.15) is 5.76 Å². The van der Waals surface area contributed by atoms with Gasteiger partial charge in [-0.05, 0) is 50.6 Å². The molecule has 5 heterocycles. The number of piperidine rings is 1. The molecule has 1 atom stereocenters. The van der Waals surface area contributed by atoms with E-state index in [9.17, 15) is 4.79 Å².